The number of hydrogen-bond acceptors (Lipinski definition) is 1. The summed E-state index contributed by atoms with van der Waals surface area (Å²) in [4.78, 5) is -0.0554. The summed E-state index contributed by atoms with van der Waals surface area (Å²) in [7, 11) is 1.54. The zero-order chi connectivity index (χ0) is 14.7. The molecular weight excluding hydrogens is 366 g/mol. The molecule has 1 unspecified atom stereocenters. The first-order chi connectivity index (χ1) is 9.51. The van der Waals surface area contributed by atoms with Crippen molar-refractivity contribution in [2.45, 2.75) is 11.2 Å². The highest BCUT2D eigenvalue weighted by Crippen LogP contribution is 2.38. The van der Waals surface area contributed by atoms with Gasteiger partial charge < -0.3 is 4.74 Å². The highest BCUT2D eigenvalue weighted by Gasteiger charge is 2.15. The van der Waals surface area contributed by atoms with Crippen molar-refractivity contribution in [3.8, 4) is 5.75 Å². The van der Waals surface area contributed by atoms with Gasteiger partial charge in [0, 0.05) is 15.9 Å². The summed E-state index contributed by atoms with van der Waals surface area (Å²) in [5.74, 6) is 0.284. The van der Waals surface area contributed by atoms with Crippen molar-refractivity contribution in [1.29, 1.82) is 0 Å². The highest BCUT2D eigenvalue weighted by atomic mass is 79.9. The van der Waals surface area contributed by atoms with E-state index in [1.807, 2.05) is 6.07 Å². The van der Waals surface area contributed by atoms with Crippen LogP contribution in [0.4, 0.5) is 4.39 Å². The molecule has 0 radical (unpaired) electrons. The molecule has 0 saturated carbocycles. The maximum atomic E-state index is 13.2. The van der Waals surface area contributed by atoms with Crippen LogP contribution < -0.4 is 4.74 Å². The average Bonchev–Trinajstić information content (AvgIpc) is 2.40. The Hall–Kier alpha value is -0.770. The van der Waals surface area contributed by atoms with Gasteiger partial charge in [-0.3, -0.25) is 0 Å². The number of benzene rings is 2. The third kappa shape index (κ3) is 3.66. The smallest absolute Gasteiger partial charge is 0.138 e. The quantitative estimate of drug-likeness (QED) is 0.610. The number of hydrogen-bond donors (Lipinski definition) is 0. The fourth-order valence-corrected chi connectivity index (χ4v) is 3.34. The van der Waals surface area contributed by atoms with Gasteiger partial charge in [-0.1, -0.05) is 51.3 Å². The number of rotatable bonds is 4. The molecule has 20 heavy (non-hydrogen) atoms. The lowest BCUT2D eigenvalue weighted by atomic mass is 10.0. The van der Waals surface area contributed by atoms with E-state index in [-0.39, 0.29) is 10.6 Å². The third-order valence-electron chi connectivity index (χ3n) is 2.91. The first kappa shape index (κ1) is 15.6. The predicted molar refractivity (Wildman–Crippen MR) is 84.8 cm³/mol. The van der Waals surface area contributed by atoms with Crippen LogP contribution in [0.1, 0.15) is 16.0 Å². The van der Waals surface area contributed by atoms with Crippen molar-refractivity contribution >= 4 is 39.1 Å². The minimum Gasteiger partial charge on any atom is -0.495 e. The molecule has 0 aliphatic heterocycles. The van der Waals surface area contributed by atoms with Crippen molar-refractivity contribution < 1.29 is 9.13 Å². The molecule has 0 saturated heterocycles. The zero-order valence-corrected chi connectivity index (χ0v) is 13.8. The van der Waals surface area contributed by atoms with Crippen LogP contribution in [0.25, 0.3) is 0 Å². The molecule has 0 amide bonds. The van der Waals surface area contributed by atoms with Crippen LogP contribution in [0.3, 0.4) is 0 Å². The minimum absolute atomic E-state index is 0.0554. The van der Waals surface area contributed by atoms with Crippen LogP contribution in [-0.2, 0) is 6.42 Å². The summed E-state index contributed by atoms with van der Waals surface area (Å²) in [6.07, 6.45) is 0.611. The second kappa shape index (κ2) is 6.79. The lowest BCUT2D eigenvalue weighted by Crippen LogP contribution is -1.98. The number of alkyl halides is 1. The maximum absolute atomic E-state index is 13.2. The van der Waals surface area contributed by atoms with Gasteiger partial charge in [-0.15, -0.1) is 0 Å². The molecule has 5 heteroatoms. The standard InChI is InChI=1S/C15H12BrCl2FO/c1-20-15-8-13(17)11(7-14(15)18)12(16)6-9-3-2-4-10(19)5-9/h2-5,7-8,12H,6H2,1H3. The van der Waals surface area contributed by atoms with E-state index in [9.17, 15) is 4.39 Å². The van der Waals surface area contributed by atoms with E-state index in [2.05, 4.69) is 15.9 Å². The highest BCUT2D eigenvalue weighted by molar-refractivity contribution is 9.09. The van der Waals surface area contributed by atoms with Crippen molar-refractivity contribution in [2.24, 2.45) is 0 Å². The molecule has 2 rings (SSSR count). The Morgan fingerprint density at radius 3 is 2.60 bits per heavy atom. The SMILES string of the molecule is COc1cc(Cl)c(C(Br)Cc2cccc(F)c2)cc1Cl. The number of methoxy groups -OCH3 is 1. The van der Waals surface area contributed by atoms with Crippen LogP contribution in [0.5, 0.6) is 5.75 Å². The van der Waals surface area contributed by atoms with Crippen molar-refractivity contribution in [3.63, 3.8) is 0 Å². The van der Waals surface area contributed by atoms with E-state index < -0.39 is 0 Å². The Bertz CT molecular complexity index is 619. The monoisotopic (exact) mass is 376 g/mol. The van der Waals surface area contributed by atoms with E-state index in [4.69, 9.17) is 27.9 Å². The number of halogens is 4. The fraction of sp³-hybridized carbons (Fsp3) is 0.200. The second-order valence-corrected chi connectivity index (χ2v) is 6.23. The molecule has 2 aromatic rings. The lowest BCUT2D eigenvalue weighted by Gasteiger charge is -2.14. The summed E-state index contributed by atoms with van der Waals surface area (Å²) in [5, 5.41) is 1.06. The van der Waals surface area contributed by atoms with Gasteiger partial charge in [-0.2, -0.15) is 0 Å². The Labute approximate surface area is 135 Å². The van der Waals surface area contributed by atoms with E-state index in [1.54, 1.807) is 18.2 Å². The van der Waals surface area contributed by atoms with Crippen LogP contribution in [0.15, 0.2) is 36.4 Å². The molecular formula is C15H12BrCl2FO. The molecule has 106 valence electrons. The molecule has 0 aliphatic carbocycles. The van der Waals surface area contributed by atoms with Crippen molar-refractivity contribution in [3.05, 3.63) is 63.4 Å². The summed E-state index contributed by atoms with van der Waals surface area (Å²) in [6, 6.07) is 9.93. The van der Waals surface area contributed by atoms with E-state index in [1.165, 1.54) is 19.2 Å². The summed E-state index contributed by atoms with van der Waals surface area (Å²) >= 11 is 15.9. The van der Waals surface area contributed by atoms with Gasteiger partial charge in [0.2, 0.25) is 0 Å². The first-order valence-corrected chi connectivity index (χ1v) is 7.60. The van der Waals surface area contributed by atoms with Gasteiger partial charge in [0.25, 0.3) is 0 Å². The Morgan fingerprint density at radius 1 is 1.20 bits per heavy atom. The first-order valence-electron chi connectivity index (χ1n) is 5.92. The van der Waals surface area contributed by atoms with Gasteiger partial charge in [0.05, 0.1) is 12.1 Å². The molecule has 0 spiro atoms. The lowest BCUT2D eigenvalue weighted by molar-refractivity contribution is 0.415. The minimum atomic E-state index is -0.249. The van der Waals surface area contributed by atoms with Gasteiger partial charge in [0.15, 0.2) is 0 Å². The van der Waals surface area contributed by atoms with Gasteiger partial charge in [-0.25, -0.2) is 4.39 Å². The number of ether oxygens (including phenoxy) is 1. The van der Waals surface area contributed by atoms with Crippen LogP contribution in [0.2, 0.25) is 10.0 Å². The molecule has 0 heterocycles. The van der Waals surface area contributed by atoms with E-state index >= 15 is 0 Å². The molecule has 0 N–H and O–H groups in total. The van der Waals surface area contributed by atoms with Crippen molar-refractivity contribution in [1.82, 2.24) is 0 Å². The van der Waals surface area contributed by atoms with Gasteiger partial charge >= 0.3 is 0 Å². The normalized spacial score (nSPS) is 12.2. The molecule has 1 atom stereocenters. The topological polar surface area (TPSA) is 9.23 Å². The molecule has 1 nitrogen and oxygen atoms in total. The summed E-state index contributed by atoms with van der Waals surface area (Å²) < 4.78 is 18.3. The van der Waals surface area contributed by atoms with E-state index in [0.29, 0.717) is 22.2 Å². The molecule has 2 aromatic carbocycles. The van der Waals surface area contributed by atoms with Crippen molar-refractivity contribution in [2.75, 3.05) is 7.11 Å². The maximum Gasteiger partial charge on any atom is 0.138 e. The summed E-state index contributed by atoms with van der Waals surface area (Å²) in [6.45, 7) is 0. The van der Waals surface area contributed by atoms with Gasteiger partial charge in [0.1, 0.15) is 11.6 Å². The van der Waals surface area contributed by atoms with Crippen LogP contribution in [0, 0.1) is 5.82 Å². The molecule has 0 bridgehead atoms. The second-order valence-electron chi connectivity index (χ2n) is 4.31. The Morgan fingerprint density at radius 2 is 1.95 bits per heavy atom. The largest absolute Gasteiger partial charge is 0.495 e. The Kier molecular flexibility index (Phi) is 5.30. The van der Waals surface area contributed by atoms with E-state index in [0.717, 1.165) is 11.1 Å². The fourth-order valence-electron chi connectivity index (χ4n) is 1.92. The summed E-state index contributed by atoms with van der Waals surface area (Å²) in [5.41, 5.74) is 1.73. The average molecular weight is 378 g/mol. The third-order valence-corrected chi connectivity index (χ3v) is 4.35. The van der Waals surface area contributed by atoms with Gasteiger partial charge in [-0.05, 0) is 35.7 Å². The predicted octanol–water partition coefficient (Wildman–Crippen LogP) is 5.82. The zero-order valence-electron chi connectivity index (χ0n) is 10.7. The molecule has 0 aromatic heterocycles. The molecule has 0 aliphatic rings. The van der Waals surface area contributed by atoms with Crippen LogP contribution in [-0.4, -0.2) is 7.11 Å². The van der Waals surface area contributed by atoms with Crippen LogP contribution >= 0.6 is 39.1 Å². The Balaban J connectivity index is 2.25. The molecule has 0 fully saturated rings.